The number of hydrogen-bond donors (Lipinski definition) is 1. The molecule has 3 aromatic carbocycles. The quantitative estimate of drug-likeness (QED) is 0.274. The van der Waals surface area contributed by atoms with Crippen LogP contribution in [0.15, 0.2) is 78.4 Å². The minimum atomic E-state index is -0.538. The number of hydrogen-bond acceptors (Lipinski definition) is 5. The highest BCUT2D eigenvalue weighted by atomic mass is 32.1. The third-order valence-corrected chi connectivity index (χ3v) is 5.80. The summed E-state index contributed by atoms with van der Waals surface area (Å²) in [5.41, 5.74) is 3.39. The molecule has 2 amide bonds. The Balaban J connectivity index is 1.60. The van der Waals surface area contributed by atoms with E-state index in [4.69, 9.17) is 21.7 Å². The molecule has 1 fully saturated rings. The fourth-order valence-electron chi connectivity index (χ4n) is 3.68. The summed E-state index contributed by atoms with van der Waals surface area (Å²) in [5.74, 6) is 0.0919. The van der Waals surface area contributed by atoms with E-state index in [2.05, 4.69) is 12.2 Å². The highest BCUT2D eigenvalue weighted by Gasteiger charge is 2.34. The molecule has 35 heavy (non-hydrogen) atoms. The summed E-state index contributed by atoms with van der Waals surface area (Å²) >= 11 is 5.29. The van der Waals surface area contributed by atoms with Crippen LogP contribution in [-0.4, -0.2) is 23.5 Å². The van der Waals surface area contributed by atoms with E-state index >= 15 is 0 Å². The highest BCUT2D eigenvalue weighted by molar-refractivity contribution is 7.80. The molecule has 0 atom stereocenters. The maximum absolute atomic E-state index is 13.3. The van der Waals surface area contributed by atoms with Crippen molar-refractivity contribution in [2.75, 3.05) is 11.5 Å². The Hall–Kier alpha value is -3.97. The second-order valence-corrected chi connectivity index (χ2v) is 8.28. The summed E-state index contributed by atoms with van der Waals surface area (Å²) in [7, 11) is 0. The van der Waals surface area contributed by atoms with Crippen LogP contribution in [0.1, 0.15) is 30.5 Å². The lowest BCUT2D eigenvalue weighted by Gasteiger charge is -2.29. The molecule has 1 heterocycles. The Kier molecular flexibility index (Phi) is 7.57. The van der Waals surface area contributed by atoms with E-state index in [1.807, 2.05) is 61.5 Å². The van der Waals surface area contributed by atoms with Crippen LogP contribution in [0, 0.1) is 0 Å². The molecule has 4 rings (SSSR count). The largest absolute Gasteiger partial charge is 0.490 e. The van der Waals surface area contributed by atoms with Gasteiger partial charge in [0.25, 0.3) is 11.8 Å². The lowest BCUT2D eigenvalue weighted by molar-refractivity contribution is -0.122. The lowest BCUT2D eigenvalue weighted by Crippen LogP contribution is -2.54. The van der Waals surface area contributed by atoms with Gasteiger partial charge in [-0.05, 0) is 72.6 Å². The van der Waals surface area contributed by atoms with Gasteiger partial charge in [0.2, 0.25) is 0 Å². The Bertz CT molecular complexity index is 1270. The molecule has 6 nitrogen and oxygen atoms in total. The van der Waals surface area contributed by atoms with Crippen LogP contribution in [0.25, 0.3) is 6.08 Å². The number of nitrogens with zero attached hydrogens (tertiary/aromatic N) is 1. The van der Waals surface area contributed by atoms with Gasteiger partial charge in [0.1, 0.15) is 12.2 Å². The first-order chi connectivity index (χ1) is 17.0. The van der Waals surface area contributed by atoms with E-state index in [0.29, 0.717) is 36.0 Å². The van der Waals surface area contributed by atoms with Crippen LogP contribution >= 0.6 is 12.2 Å². The van der Waals surface area contributed by atoms with Crippen LogP contribution in [0.4, 0.5) is 5.69 Å². The van der Waals surface area contributed by atoms with Gasteiger partial charge < -0.3 is 9.47 Å². The topological polar surface area (TPSA) is 67.9 Å². The predicted octanol–water partition coefficient (Wildman–Crippen LogP) is 5.06. The summed E-state index contributed by atoms with van der Waals surface area (Å²) < 4.78 is 11.7. The van der Waals surface area contributed by atoms with Gasteiger partial charge in [-0.3, -0.25) is 19.8 Å². The minimum Gasteiger partial charge on any atom is -0.490 e. The number of thiocarbonyl (C=S) groups is 1. The van der Waals surface area contributed by atoms with Gasteiger partial charge in [-0.1, -0.05) is 55.5 Å². The number of ether oxygens (including phenoxy) is 2. The van der Waals surface area contributed by atoms with Crippen molar-refractivity contribution < 1.29 is 19.1 Å². The van der Waals surface area contributed by atoms with Crippen molar-refractivity contribution >= 4 is 40.9 Å². The molecule has 0 aliphatic carbocycles. The smallest absolute Gasteiger partial charge is 0.270 e. The molecule has 3 aromatic rings. The molecule has 1 aliphatic heterocycles. The number of benzene rings is 3. The van der Waals surface area contributed by atoms with Crippen LogP contribution in [-0.2, 0) is 22.6 Å². The molecule has 0 aromatic heterocycles. The zero-order valence-corrected chi connectivity index (χ0v) is 20.4. The zero-order chi connectivity index (χ0) is 24.8. The Labute approximate surface area is 210 Å². The molecule has 1 aliphatic rings. The number of nitrogens with one attached hydrogen (secondary N) is 1. The zero-order valence-electron chi connectivity index (χ0n) is 19.6. The summed E-state index contributed by atoms with van der Waals surface area (Å²) in [6.45, 7) is 4.77. The number of carbonyl (C=O) groups is 2. The van der Waals surface area contributed by atoms with Crippen molar-refractivity contribution in [1.82, 2.24) is 5.32 Å². The molecule has 0 radical (unpaired) electrons. The molecule has 0 unspecified atom stereocenters. The Morgan fingerprint density at radius 2 is 1.63 bits per heavy atom. The van der Waals surface area contributed by atoms with Gasteiger partial charge in [0.15, 0.2) is 16.6 Å². The van der Waals surface area contributed by atoms with Gasteiger partial charge in [-0.15, -0.1) is 0 Å². The van der Waals surface area contributed by atoms with E-state index in [1.54, 1.807) is 18.2 Å². The van der Waals surface area contributed by atoms with Crippen LogP contribution in [0.2, 0.25) is 0 Å². The lowest BCUT2D eigenvalue weighted by atomic mass is 10.1. The summed E-state index contributed by atoms with van der Waals surface area (Å²) in [6.07, 6.45) is 2.42. The fourth-order valence-corrected chi connectivity index (χ4v) is 3.96. The first kappa shape index (κ1) is 24.2. The standard InChI is InChI=1S/C28H26N2O4S/c1-3-19-10-13-22(14-11-19)30-27(32)23(26(31)29-28(30)35)16-21-12-15-24(25(17-21)33-4-2)34-18-20-8-6-5-7-9-20/h5-17H,3-4,18H2,1-2H3,(H,29,31,35)/b23-16+. The van der Waals surface area contributed by atoms with E-state index in [1.165, 1.54) is 11.0 Å². The molecule has 178 valence electrons. The van der Waals surface area contributed by atoms with Crippen molar-refractivity contribution in [2.24, 2.45) is 0 Å². The van der Waals surface area contributed by atoms with Crippen molar-refractivity contribution in [2.45, 2.75) is 26.9 Å². The molecule has 0 spiro atoms. The van der Waals surface area contributed by atoms with Gasteiger partial charge in [0.05, 0.1) is 12.3 Å². The second-order valence-electron chi connectivity index (χ2n) is 7.89. The fraction of sp³-hybridized carbons (Fsp3) is 0.179. The molecule has 0 saturated carbocycles. The van der Waals surface area contributed by atoms with Gasteiger partial charge in [0, 0.05) is 0 Å². The second kappa shape index (κ2) is 11.0. The summed E-state index contributed by atoms with van der Waals surface area (Å²) in [5, 5.41) is 2.68. The molecular formula is C28H26N2O4S. The van der Waals surface area contributed by atoms with Crippen molar-refractivity contribution in [3.63, 3.8) is 0 Å². The number of rotatable bonds is 8. The third kappa shape index (κ3) is 5.58. The van der Waals surface area contributed by atoms with Gasteiger partial charge in [-0.2, -0.15) is 0 Å². The number of aryl methyl sites for hydroxylation is 1. The van der Waals surface area contributed by atoms with Crippen molar-refractivity contribution in [1.29, 1.82) is 0 Å². The number of anilines is 1. The SMILES string of the molecule is CCOc1cc(/C=C2\C(=O)NC(=S)N(c3ccc(CC)cc3)C2=O)ccc1OCc1ccccc1. The monoisotopic (exact) mass is 486 g/mol. The van der Waals surface area contributed by atoms with Gasteiger partial charge in [-0.25, -0.2) is 0 Å². The third-order valence-electron chi connectivity index (χ3n) is 5.52. The molecule has 1 N–H and O–H groups in total. The van der Waals surface area contributed by atoms with Crippen LogP contribution in [0.5, 0.6) is 11.5 Å². The van der Waals surface area contributed by atoms with Crippen LogP contribution < -0.4 is 19.7 Å². The van der Waals surface area contributed by atoms with E-state index < -0.39 is 11.8 Å². The average Bonchev–Trinajstić information content (AvgIpc) is 2.87. The van der Waals surface area contributed by atoms with Crippen molar-refractivity contribution in [3.8, 4) is 11.5 Å². The number of amides is 2. The maximum Gasteiger partial charge on any atom is 0.270 e. The minimum absolute atomic E-state index is 0.0152. The Morgan fingerprint density at radius 3 is 2.31 bits per heavy atom. The average molecular weight is 487 g/mol. The maximum atomic E-state index is 13.3. The predicted molar refractivity (Wildman–Crippen MR) is 140 cm³/mol. The first-order valence-corrected chi connectivity index (χ1v) is 11.8. The highest BCUT2D eigenvalue weighted by Crippen LogP contribution is 2.31. The van der Waals surface area contributed by atoms with E-state index in [9.17, 15) is 9.59 Å². The molecule has 7 heteroatoms. The van der Waals surface area contributed by atoms with Gasteiger partial charge >= 0.3 is 0 Å². The molecule has 0 bridgehead atoms. The molecule has 1 saturated heterocycles. The number of carbonyl (C=O) groups excluding carboxylic acids is 2. The Morgan fingerprint density at radius 1 is 0.886 bits per heavy atom. The van der Waals surface area contributed by atoms with E-state index in [0.717, 1.165) is 17.5 Å². The van der Waals surface area contributed by atoms with Crippen LogP contribution in [0.3, 0.4) is 0 Å². The normalized spacial score (nSPS) is 14.7. The molecular weight excluding hydrogens is 460 g/mol. The summed E-state index contributed by atoms with van der Waals surface area (Å²) in [4.78, 5) is 27.3. The van der Waals surface area contributed by atoms with E-state index in [-0.39, 0.29) is 10.7 Å². The first-order valence-electron chi connectivity index (χ1n) is 11.4. The summed E-state index contributed by atoms with van der Waals surface area (Å²) in [6, 6.07) is 22.7. The van der Waals surface area contributed by atoms with Crippen molar-refractivity contribution in [3.05, 3.63) is 95.1 Å².